The summed E-state index contributed by atoms with van der Waals surface area (Å²) in [6, 6.07) is 18.8. The van der Waals surface area contributed by atoms with Crippen LogP contribution in [0.15, 0.2) is 79.1 Å². The van der Waals surface area contributed by atoms with Gasteiger partial charge in [-0.1, -0.05) is 30.3 Å². The number of hydrogen-bond donors (Lipinski definition) is 0. The lowest BCUT2D eigenvalue weighted by molar-refractivity contribution is -0.110. The molecule has 0 aliphatic heterocycles. The summed E-state index contributed by atoms with van der Waals surface area (Å²) in [5.74, 6) is 2.21. The first kappa shape index (κ1) is 22.7. The first-order valence-corrected chi connectivity index (χ1v) is 10.7. The van der Waals surface area contributed by atoms with Crippen molar-refractivity contribution in [1.82, 2.24) is 9.97 Å². The number of ether oxygens (including phenoxy) is 3. The van der Waals surface area contributed by atoms with Crippen LogP contribution in [0.3, 0.4) is 0 Å². The molecule has 0 N–H and O–H groups in total. The molecule has 1 heterocycles. The van der Waals surface area contributed by atoms with Crippen LogP contribution in [0.1, 0.15) is 16.7 Å². The highest BCUT2D eigenvalue weighted by molar-refractivity contribution is 6.04. The monoisotopic (exact) mass is 452 g/mol. The summed E-state index contributed by atoms with van der Waals surface area (Å²) < 4.78 is 16.7. The van der Waals surface area contributed by atoms with E-state index >= 15 is 0 Å². The van der Waals surface area contributed by atoms with Gasteiger partial charge in [-0.2, -0.15) is 0 Å². The number of methoxy groups -OCH3 is 2. The highest BCUT2D eigenvalue weighted by Crippen LogP contribution is 2.30. The summed E-state index contributed by atoms with van der Waals surface area (Å²) in [6.45, 7) is 2.00. The maximum absolute atomic E-state index is 12.5. The summed E-state index contributed by atoms with van der Waals surface area (Å²) in [5, 5.41) is 0.826. The number of carbonyl (C=O) groups is 1. The zero-order valence-electron chi connectivity index (χ0n) is 19.2. The van der Waals surface area contributed by atoms with Crippen LogP contribution in [0, 0.1) is 6.92 Å². The Morgan fingerprint density at radius 2 is 1.62 bits per heavy atom. The normalized spacial score (nSPS) is 11.3. The predicted octanol–water partition coefficient (Wildman–Crippen LogP) is 6.04. The fourth-order valence-corrected chi connectivity index (χ4v) is 3.48. The molecule has 0 spiro atoms. The smallest absolute Gasteiger partial charge is 0.230 e. The van der Waals surface area contributed by atoms with Gasteiger partial charge in [-0.05, 0) is 67.1 Å². The molecule has 0 saturated heterocycles. The minimum absolute atomic E-state index is 0.178. The largest absolute Gasteiger partial charge is 0.497 e. The molecular weight excluding hydrogens is 428 g/mol. The number of para-hydroxylation sites is 2. The Balaban J connectivity index is 1.55. The second-order valence-electron chi connectivity index (χ2n) is 7.47. The van der Waals surface area contributed by atoms with Crippen LogP contribution in [-0.4, -0.2) is 30.0 Å². The molecule has 4 aromatic rings. The van der Waals surface area contributed by atoms with Gasteiger partial charge in [0.15, 0.2) is 5.78 Å². The summed E-state index contributed by atoms with van der Waals surface area (Å²) in [4.78, 5) is 21.2. The highest BCUT2D eigenvalue weighted by Gasteiger charge is 2.09. The number of fused-ring (bicyclic) bond motifs is 1. The van der Waals surface area contributed by atoms with Gasteiger partial charge in [0.2, 0.25) is 5.88 Å². The van der Waals surface area contributed by atoms with Crippen LogP contribution in [-0.2, 0) is 4.79 Å². The van der Waals surface area contributed by atoms with Crippen LogP contribution in [0.25, 0.3) is 23.1 Å². The molecule has 3 aromatic carbocycles. The van der Waals surface area contributed by atoms with E-state index in [1.807, 2.05) is 55.5 Å². The maximum Gasteiger partial charge on any atom is 0.230 e. The van der Waals surface area contributed by atoms with Crippen molar-refractivity contribution < 1.29 is 19.0 Å². The number of aromatic nitrogens is 2. The molecule has 0 aliphatic carbocycles. The van der Waals surface area contributed by atoms with Gasteiger partial charge in [0.05, 0.1) is 25.1 Å². The number of nitrogens with zero attached hydrogens (tertiary/aromatic N) is 2. The summed E-state index contributed by atoms with van der Waals surface area (Å²) in [7, 11) is 3.17. The molecular formula is C28H24N2O4. The average molecular weight is 453 g/mol. The summed E-state index contributed by atoms with van der Waals surface area (Å²) >= 11 is 0. The van der Waals surface area contributed by atoms with E-state index in [1.54, 1.807) is 38.5 Å². The maximum atomic E-state index is 12.5. The molecule has 0 radical (unpaired) electrons. The molecule has 0 bridgehead atoms. The van der Waals surface area contributed by atoms with Crippen LogP contribution >= 0.6 is 0 Å². The number of benzene rings is 3. The van der Waals surface area contributed by atoms with Gasteiger partial charge in [-0.3, -0.25) is 4.79 Å². The topological polar surface area (TPSA) is 70.5 Å². The van der Waals surface area contributed by atoms with E-state index in [0.29, 0.717) is 23.1 Å². The van der Waals surface area contributed by atoms with E-state index in [-0.39, 0.29) is 5.78 Å². The zero-order chi connectivity index (χ0) is 23.9. The fraction of sp³-hybridized carbons (Fsp3) is 0.107. The first-order valence-electron chi connectivity index (χ1n) is 10.7. The number of ketones is 1. The molecule has 0 atom stereocenters. The molecule has 0 saturated carbocycles. The predicted molar refractivity (Wildman–Crippen MR) is 133 cm³/mol. The third kappa shape index (κ3) is 5.13. The van der Waals surface area contributed by atoms with Crippen molar-refractivity contribution in [2.75, 3.05) is 14.2 Å². The van der Waals surface area contributed by atoms with Crippen LogP contribution < -0.4 is 14.2 Å². The number of aryl methyl sites for hydroxylation is 1. The Labute approximate surface area is 198 Å². The Morgan fingerprint density at radius 1 is 0.824 bits per heavy atom. The zero-order valence-corrected chi connectivity index (χ0v) is 19.2. The average Bonchev–Trinajstić information content (AvgIpc) is 2.87. The minimum atomic E-state index is -0.178. The van der Waals surface area contributed by atoms with E-state index in [4.69, 9.17) is 14.2 Å². The van der Waals surface area contributed by atoms with Gasteiger partial charge in [0.25, 0.3) is 0 Å². The van der Waals surface area contributed by atoms with Gasteiger partial charge < -0.3 is 14.2 Å². The molecule has 6 heteroatoms. The lowest BCUT2D eigenvalue weighted by atomic mass is 10.1. The number of carbonyl (C=O) groups excluding carboxylic acids is 1. The number of rotatable bonds is 8. The van der Waals surface area contributed by atoms with E-state index in [1.165, 1.54) is 18.5 Å². The van der Waals surface area contributed by atoms with Crippen LogP contribution in [0.2, 0.25) is 0 Å². The fourth-order valence-electron chi connectivity index (χ4n) is 3.48. The third-order valence-corrected chi connectivity index (χ3v) is 5.25. The van der Waals surface area contributed by atoms with Crippen molar-refractivity contribution in [2.24, 2.45) is 0 Å². The molecule has 4 rings (SSSR count). The second-order valence-corrected chi connectivity index (χ2v) is 7.47. The standard InChI is InChI=1S/C28H24N2O4/c1-19-7-6-9-24-27(19)29-18-30-28(24)34-26-10-5-4-8-20(26)11-13-22(31)14-12-21-17-23(32-2)15-16-25(21)33-3/h4-18H,1-3H3/b13-11+,14-12+. The molecule has 1 aromatic heterocycles. The minimum Gasteiger partial charge on any atom is -0.497 e. The van der Waals surface area contributed by atoms with Crippen molar-refractivity contribution in [1.29, 1.82) is 0 Å². The molecule has 34 heavy (non-hydrogen) atoms. The van der Waals surface area contributed by atoms with Gasteiger partial charge in [-0.25, -0.2) is 9.97 Å². The van der Waals surface area contributed by atoms with Crippen LogP contribution in [0.4, 0.5) is 0 Å². The molecule has 170 valence electrons. The van der Waals surface area contributed by atoms with Gasteiger partial charge in [-0.15, -0.1) is 0 Å². The van der Waals surface area contributed by atoms with E-state index < -0.39 is 0 Å². The van der Waals surface area contributed by atoms with E-state index in [0.717, 1.165) is 27.6 Å². The van der Waals surface area contributed by atoms with Crippen molar-refractivity contribution in [2.45, 2.75) is 6.92 Å². The highest BCUT2D eigenvalue weighted by atomic mass is 16.5. The SMILES string of the molecule is COc1ccc(OC)c(/C=C/C(=O)/C=C/c2ccccc2Oc2ncnc3c(C)cccc23)c1. The van der Waals surface area contributed by atoms with Gasteiger partial charge in [0.1, 0.15) is 23.6 Å². The molecule has 0 amide bonds. The second kappa shape index (κ2) is 10.4. The van der Waals surface area contributed by atoms with Crippen LogP contribution in [0.5, 0.6) is 23.1 Å². The lowest BCUT2D eigenvalue weighted by Crippen LogP contribution is -1.94. The summed E-state index contributed by atoms with van der Waals surface area (Å²) in [5.41, 5.74) is 3.39. The Hall–Kier alpha value is -4.45. The lowest BCUT2D eigenvalue weighted by Gasteiger charge is -2.10. The van der Waals surface area contributed by atoms with Crippen molar-refractivity contribution >= 4 is 28.8 Å². The molecule has 0 unspecified atom stereocenters. The quantitative estimate of drug-likeness (QED) is 0.303. The van der Waals surface area contributed by atoms with Gasteiger partial charge >= 0.3 is 0 Å². The number of hydrogen-bond acceptors (Lipinski definition) is 6. The molecule has 0 fully saturated rings. The van der Waals surface area contributed by atoms with E-state index in [2.05, 4.69) is 9.97 Å². The Morgan fingerprint density at radius 3 is 2.41 bits per heavy atom. The Kier molecular flexibility index (Phi) is 6.98. The number of allylic oxidation sites excluding steroid dienone is 2. The first-order chi connectivity index (χ1) is 16.6. The van der Waals surface area contributed by atoms with Crippen molar-refractivity contribution in [3.63, 3.8) is 0 Å². The molecule has 0 aliphatic rings. The Bertz CT molecular complexity index is 1390. The van der Waals surface area contributed by atoms with E-state index in [9.17, 15) is 4.79 Å². The summed E-state index contributed by atoms with van der Waals surface area (Å²) in [6.07, 6.45) is 7.89. The third-order valence-electron chi connectivity index (χ3n) is 5.25. The van der Waals surface area contributed by atoms with Crippen molar-refractivity contribution in [3.8, 4) is 23.1 Å². The molecule has 6 nitrogen and oxygen atoms in total. The van der Waals surface area contributed by atoms with Gasteiger partial charge in [0, 0.05) is 11.1 Å². The van der Waals surface area contributed by atoms with Crippen molar-refractivity contribution in [3.05, 3.63) is 95.8 Å².